The zero-order chi connectivity index (χ0) is 20.9. The monoisotopic (exact) mass is 425 g/mol. The van der Waals surface area contributed by atoms with Crippen LogP contribution in [0.3, 0.4) is 0 Å². The number of hydrogen-bond donors (Lipinski definition) is 3. The highest BCUT2D eigenvalue weighted by atomic mass is 31.3. The third-order valence-electron chi connectivity index (χ3n) is 3.64. The van der Waals surface area contributed by atoms with Crippen molar-refractivity contribution in [3.05, 3.63) is 33.7 Å². The van der Waals surface area contributed by atoms with Crippen molar-refractivity contribution >= 4 is 15.6 Å². The quantitative estimate of drug-likeness (QED) is 0.116. The highest BCUT2D eigenvalue weighted by Gasteiger charge is 2.31. The predicted octanol–water partition coefficient (Wildman–Crippen LogP) is 5.00. The van der Waals surface area contributed by atoms with Crippen LogP contribution in [0.15, 0.2) is 28.4 Å². The Kier molecular flexibility index (Phi) is 12.8. The molecule has 0 aromatic rings. The van der Waals surface area contributed by atoms with E-state index in [1.807, 2.05) is 6.92 Å². The minimum Gasteiger partial charge on any atom is -0.302 e. The van der Waals surface area contributed by atoms with Gasteiger partial charge in [-0.2, -0.15) is 4.31 Å². The summed E-state index contributed by atoms with van der Waals surface area (Å²) in [5, 5.41) is 3.57. The van der Waals surface area contributed by atoms with Crippen LogP contribution in [0.5, 0.6) is 0 Å². The molecule has 0 aliphatic carbocycles. The Balaban J connectivity index is 4.11. The molecule has 3 N–H and O–H groups in total. The standard InChI is InChI=1S/C15H29N3O7P2/c1-13(7-5-9-15(3)12-17-18-16)6-4-8-14(2)10-11-24-27(22,23)25-26(19,20)21/h6,10,15H,4-5,7-9,11-12H2,1-3H3,(H,22,23)(H2,19,20,21)/b13-6+,14-10+. The zero-order valence-electron chi connectivity index (χ0n) is 15.9. The van der Waals surface area contributed by atoms with E-state index in [2.05, 4.69) is 38.8 Å². The number of phosphoric ester groups is 1. The molecule has 0 heterocycles. The van der Waals surface area contributed by atoms with Gasteiger partial charge >= 0.3 is 15.6 Å². The fourth-order valence-electron chi connectivity index (χ4n) is 2.18. The summed E-state index contributed by atoms with van der Waals surface area (Å²) in [5.74, 6) is 0.371. The average molecular weight is 425 g/mol. The number of azide groups is 1. The van der Waals surface area contributed by atoms with E-state index >= 15 is 0 Å². The Morgan fingerprint density at radius 3 is 2.41 bits per heavy atom. The molecule has 0 saturated carbocycles. The second-order valence-corrected chi connectivity index (χ2v) is 9.22. The molecule has 12 heteroatoms. The van der Waals surface area contributed by atoms with Crippen molar-refractivity contribution in [3.63, 3.8) is 0 Å². The van der Waals surface area contributed by atoms with Crippen molar-refractivity contribution in [1.29, 1.82) is 0 Å². The van der Waals surface area contributed by atoms with Crippen molar-refractivity contribution in [1.82, 2.24) is 0 Å². The first kappa shape index (κ1) is 26.1. The molecule has 0 bridgehead atoms. The van der Waals surface area contributed by atoms with E-state index in [9.17, 15) is 9.13 Å². The highest BCUT2D eigenvalue weighted by molar-refractivity contribution is 7.60. The molecule has 0 rings (SSSR count). The molecule has 0 radical (unpaired) electrons. The van der Waals surface area contributed by atoms with Gasteiger partial charge in [-0.25, -0.2) is 9.13 Å². The molecular formula is C15H29N3O7P2. The largest absolute Gasteiger partial charge is 0.481 e. The van der Waals surface area contributed by atoms with Crippen LogP contribution >= 0.6 is 15.6 Å². The fraction of sp³-hybridized carbons (Fsp3) is 0.733. The summed E-state index contributed by atoms with van der Waals surface area (Å²) >= 11 is 0. The summed E-state index contributed by atoms with van der Waals surface area (Å²) in [4.78, 5) is 28.9. The summed E-state index contributed by atoms with van der Waals surface area (Å²) in [6.45, 7) is 6.18. The molecule has 0 aromatic carbocycles. The Morgan fingerprint density at radius 2 is 1.81 bits per heavy atom. The molecule has 0 aliphatic rings. The number of hydrogen-bond acceptors (Lipinski definition) is 5. The van der Waals surface area contributed by atoms with Crippen LogP contribution in [0.2, 0.25) is 0 Å². The minimum absolute atomic E-state index is 0.286. The average Bonchev–Trinajstić information content (AvgIpc) is 2.50. The molecule has 0 fully saturated rings. The van der Waals surface area contributed by atoms with Crippen molar-refractivity contribution in [3.8, 4) is 0 Å². The summed E-state index contributed by atoms with van der Waals surface area (Å²) in [6, 6.07) is 0. The Hall–Kier alpha value is -0.950. The van der Waals surface area contributed by atoms with Crippen molar-refractivity contribution in [2.75, 3.05) is 13.2 Å². The lowest BCUT2D eigenvalue weighted by molar-refractivity contribution is 0.191. The molecular weight excluding hydrogens is 396 g/mol. The van der Waals surface area contributed by atoms with Crippen LogP contribution < -0.4 is 0 Å². The normalized spacial score (nSPS) is 16.5. The number of allylic oxidation sites excluding steroid dienone is 3. The van der Waals surface area contributed by atoms with Crippen LogP contribution in [0.4, 0.5) is 0 Å². The molecule has 0 aromatic heterocycles. The first-order valence-electron chi connectivity index (χ1n) is 8.51. The van der Waals surface area contributed by atoms with Gasteiger partial charge in [-0.1, -0.05) is 41.8 Å². The van der Waals surface area contributed by atoms with Gasteiger partial charge < -0.3 is 14.7 Å². The number of phosphoric acid groups is 2. The van der Waals surface area contributed by atoms with E-state index < -0.39 is 15.6 Å². The summed E-state index contributed by atoms with van der Waals surface area (Å²) in [7, 11) is -9.88. The van der Waals surface area contributed by atoms with E-state index in [1.54, 1.807) is 6.08 Å². The van der Waals surface area contributed by atoms with Crippen LogP contribution in [0.25, 0.3) is 10.4 Å². The van der Waals surface area contributed by atoms with E-state index in [4.69, 9.17) is 20.2 Å². The molecule has 2 unspecified atom stereocenters. The molecule has 0 amide bonds. The van der Waals surface area contributed by atoms with Crippen LogP contribution in [-0.2, 0) is 18.0 Å². The molecule has 2 atom stereocenters. The predicted molar refractivity (Wildman–Crippen MR) is 103 cm³/mol. The smallest absolute Gasteiger partial charge is 0.302 e. The van der Waals surface area contributed by atoms with E-state index in [0.717, 1.165) is 37.7 Å². The number of rotatable bonds is 14. The summed E-state index contributed by atoms with van der Waals surface area (Å²) < 4.78 is 30.0. The zero-order valence-corrected chi connectivity index (χ0v) is 17.7. The summed E-state index contributed by atoms with van der Waals surface area (Å²) in [5.41, 5.74) is 10.5. The van der Waals surface area contributed by atoms with Gasteiger partial charge in [0.2, 0.25) is 0 Å². The van der Waals surface area contributed by atoms with Gasteiger partial charge in [0.15, 0.2) is 0 Å². The van der Waals surface area contributed by atoms with Gasteiger partial charge in [-0.05, 0) is 51.0 Å². The molecule has 0 saturated heterocycles. The second kappa shape index (κ2) is 13.3. The van der Waals surface area contributed by atoms with E-state index in [1.165, 1.54) is 5.57 Å². The summed E-state index contributed by atoms with van der Waals surface area (Å²) in [6.07, 6.45) is 8.22. The third kappa shape index (κ3) is 16.9. The highest BCUT2D eigenvalue weighted by Crippen LogP contribution is 2.57. The van der Waals surface area contributed by atoms with Crippen molar-refractivity contribution in [2.45, 2.75) is 52.9 Å². The van der Waals surface area contributed by atoms with Crippen LogP contribution in [0.1, 0.15) is 52.9 Å². The molecule has 156 valence electrons. The van der Waals surface area contributed by atoms with E-state index in [0.29, 0.717) is 12.5 Å². The Labute approximate surface area is 159 Å². The fourth-order valence-corrected chi connectivity index (χ4v) is 3.71. The van der Waals surface area contributed by atoms with Gasteiger partial charge in [0.05, 0.1) is 6.61 Å². The maximum Gasteiger partial charge on any atom is 0.481 e. The SMILES string of the molecule is C/C(=C\COP(=O)(O)OP(=O)(O)O)CC/C=C(\C)CCCC(C)CN=[N+]=[N-]. The maximum atomic E-state index is 11.3. The van der Waals surface area contributed by atoms with Gasteiger partial charge in [0.25, 0.3) is 0 Å². The van der Waals surface area contributed by atoms with Gasteiger partial charge in [-0.15, -0.1) is 0 Å². The number of nitrogens with zero attached hydrogens (tertiary/aromatic N) is 3. The molecule has 0 spiro atoms. The molecule has 10 nitrogen and oxygen atoms in total. The third-order valence-corrected chi connectivity index (χ3v) is 5.79. The van der Waals surface area contributed by atoms with Crippen LogP contribution in [-0.4, -0.2) is 27.8 Å². The lowest BCUT2D eigenvalue weighted by Crippen LogP contribution is -1.98. The van der Waals surface area contributed by atoms with Crippen LogP contribution in [0, 0.1) is 5.92 Å². The van der Waals surface area contributed by atoms with Gasteiger partial charge in [-0.3, -0.25) is 4.52 Å². The lowest BCUT2D eigenvalue weighted by Gasteiger charge is -2.11. The first-order chi connectivity index (χ1) is 12.4. The molecule has 0 aliphatic heterocycles. The van der Waals surface area contributed by atoms with E-state index in [-0.39, 0.29) is 6.61 Å². The Morgan fingerprint density at radius 1 is 1.19 bits per heavy atom. The maximum absolute atomic E-state index is 11.3. The van der Waals surface area contributed by atoms with Crippen molar-refractivity contribution in [2.24, 2.45) is 11.0 Å². The minimum atomic E-state index is -5.09. The molecule has 27 heavy (non-hydrogen) atoms. The van der Waals surface area contributed by atoms with Crippen molar-refractivity contribution < 1.29 is 32.6 Å². The Bertz CT molecular complexity index is 654. The first-order valence-corrected chi connectivity index (χ1v) is 11.5. The lowest BCUT2D eigenvalue weighted by atomic mass is 10.0. The topological polar surface area (TPSA) is 162 Å². The van der Waals surface area contributed by atoms with Gasteiger partial charge in [0.1, 0.15) is 0 Å². The van der Waals surface area contributed by atoms with Gasteiger partial charge in [0, 0.05) is 11.5 Å². The second-order valence-electron chi connectivity index (χ2n) is 6.39.